The number of hydrogen-bond donors (Lipinski definition) is 1. The number of nitrogens with one attached hydrogen (secondary N) is 1. The molecular formula is C17H16N2O2. The minimum Gasteiger partial charge on any atom is -0.454 e. The van der Waals surface area contributed by atoms with Crippen molar-refractivity contribution in [2.24, 2.45) is 0 Å². The van der Waals surface area contributed by atoms with Gasteiger partial charge in [-0.15, -0.1) is 0 Å². The highest BCUT2D eigenvalue weighted by Crippen LogP contribution is 2.35. The summed E-state index contributed by atoms with van der Waals surface area (Å²) in [5.74, 6) is 1.64. The van der Waals surface area contributed by atoms with Gasteiger partial charge in [0.25, 0.3) is 0 Å². The maximum absolute atomic E-state index is 8.88. The molecule has 0 bridgehead atoms. The topological polar surface area (TPSA) is 54.3 Å². The van der Waals surface area contributed by atoms with Crippen molar-refractivity contribution in [3.05, 3.63) is 58.7 Å². The number of ether oxygens (including phenoxy) is 2. The quantitative estimate of drug-likeness (QED) is 0.935. The lowest BCUT2D eigenvalue weighted by Crippen LogP contribution is -2.14. The summed E-state index contributed by atoms with van der Waals surface area (Å²) < 4.78 is 10.9. The van der Waals surface area contributed by atoms with Gasteiger partial charge in [-0.1, -0.05) is 18.2 Å². The average molecular weight is 280 g/mol. The highest BCUT2D eigenvalue weighted by Gasteiger charge is 2.16. The molecule has 0 aliphatic carbocycles. The number of benzene rings is 2. The Kier molecular flexibility index (Phi) is 3.76. The number of nitriles is 1. The predicted molar refractivity (Wildman–Crippen MR) is 79.0 cm³/mol. The molecule has 0 spiro atoms. The molecule has 1 aliphatic rings. The summed E-state index contributed by atoms with van der Waals surface area (Å²) in [6.45, 7) is 3.78. The molecule has 0 saturated heterocycles. The van der Waals surface area contributed by atoms with Gasteiger partial charge in [0, 0.05) is 18.7 Å². The molecule has 2 aromatic rings. The fourth-order valence-electron chi connectivity index (χ4n) is 2.43. The summed E-state index contributed by atoms with van der Waals surface area (Å²) >= 11 is 0. The van der Waals surface area contributed by atoms with Crippen LogP contribution in [0.1, 0.15) is 22.3 Å². The Bertz CT molecular complexity index is 704. The standard InChI is InChI=1S/C17H16N2O2/c1-12-7-13(8-18)5-6-14(12)9-19-10-15-3-2-4-16-17(15)21-11-20-16/h2-7,19H,9-11H2,1H3. The molecule has 4 nitrogen and oxygen atoms in total. The summed E-state index contributed by atoms with van der Waals surface area (Å²) in [6.07, 6.45) is 0. The van der Waals surface area contributed by atoms with E-state index in [4.69, 9.17) is 14.7 Å². The van der Waals surface area contributed by atoms with E-state index in [0.717, 1.165) is 29.2 Å². The van der Waals surface area contributed by atoms with Gasteiger partial charge in [0.1, 0.15) is 0 Å². The number of nitrogens with zero attached hydrogens (tertiary/aromatic N) is 1. The Morgan fingerprint density at radius 3 is 2.81 bits per heavy atom. The molecule has 1 heterocycles. The van der Waals surface area contributed by atoms with Crippen molar-refractivity contribution >= 4 is 0 Å². The van der Waals surface area contributed by atoms with E-state index in [9.17, 15) is 0 Å². The molecule has 0 atom stereocenters. The Balaban J connectivity index is 1.65. The lowest BCUT2D eigenvalue weighted by atomic mass is 10.1. The second-order valence-electron chi connectivity index (χ2n) is 5.01. The van der Waals surface area contributed by atoms with Crippen molar-refractivity contribution in [1.82, 2.24) is 5.32 Å². The van der Waals surface area contributed by atoms with Crippen LogP contribution in [0.3, 0.4) is 0 Å². The molecule has 4 heteroatoms. The molecule has 1 N–H and O–H groups in total. The van der Waals surface area contributed by atoms with Gasteiger partial charge in [-0.2, -0.15) is 5.26 Å². The van der Waals surface area contributed by atoms with E-state index in [2.05, 4.69) is 11.4 Å². The summed E-state index contributed by atoms with van der Waals surface area (Å²) in [5, 5.41) is 12.3. The first-order chi connectivity index (χ1) is 10.3. The fraction of sp³-hybridized carbons (Fsp3) is 0.235. The van der Waals surface area contributed by atoms with Gasteiger partial charge in [0.2, 0.25) is 6.79 Å². The molecule has 106 valence electrons. The molecule has 0 fully saturated rings. The summed E-state index contributed by atoms with van der Waals surface area (Å²) in [4.78, 5) is 0. The van der Waals surface area contributed by atoms with Crippen molar-refractivity contribution in [1.29, 1.82) is 5.26 Å². The van der Waals surface area contributed by atoms with Crippen LogP contribution in [0, 0.1) is 18.3 Å². The van der Waals surface area contributed by atoms with Crippen molar-refractivity contribution in [3.8, 4) is 17.6 Å². The second kappa shape index (κ2) is 5.86. The Morgan fingerprint density at radius 2 is 2.00 bits per heavy atom. The Labute approximate surface area is 123 Å². The van der Waals surface area contributed by atoms with E-state index in [1.807, 2.05) is 43.3 Å². The summed E-state index contributed by atoms with van der Waals surface area (Å²) in [6, 6.07) is 13.8. The zero-order valence-corrected chi connectivity index (χ0v) is 11.8. The first kappa shape index (κ1) is 13.5. The smallest absolute Gasteiger partial charge is 0.231 e. The number of rotatable bonds is 4. The van der Waals surface area contributed by atoms with Crippen LogP contribution in [0.5, 0.6) is 11.5 Å². The van der Waals surface area contributed by atoms with E-state index in [0.29, 0.717) is 18.9 Å². The average Bonchev–Trinajstić information content (AvgIpc) is 2.98. The molecule has 0 amide bonds. The lowest BCUT2D eigenvalue weighted by Gasteiger charge is -2.10. The van der Waals surface area contributed by atoms with Crippen LogP contribution in [0.25, 0.3) is 0 Å². The van der Waals surface area contributed by atoms with Crippen LogP contribution >= 0.6 is 0 Å². The normalized spacial score (nSPS) is 12.2. The number of para-hydroxylation sites is 1. The molecule has 1 aliphatic heterocycles. The van der Waals surface area contributed by atoms with Gasteiger partial charge in [0.15, 0.2) is 11.5 Å². The largest absolute Gasteiger partial charge is 0.454 e. The molecule has 0 radical (unpaired) electrons. The van der Waals surface area contributed by atoms with E-state index in [1.54, 1.807) is 0 Å². The van der Waals surface area contributed by atoms with Crippen LogP contribution in [0.15, 0.2) is 36.4 Å². The number of hydrogen-bond acceptors (Lipinski definition) is 4. The van der Waals surface area contributed by atoms with Crippen molar-refractivity contribution in [2.75, 3.05) is 6.79 Å². The Morgan fingerprint density at radius 1 is 1.14 bits per heavy atom. The van der Waals surface area contributed by atoms with E-state index >= 15 is 0 Å². The van der Waals surface area contributed by atoms with Gasteiger partial charge in [-0.05, 0) is 36.2 Å². The second-order valence-corrected chi connectivity index (χ2v) is 5.01. The number of aryl methyl sites for hydroxylation is 1. The zero-order valence-electron chi connectivity index (χ0n) is 11.8. The van der Waals surface area contributed by atoms with Crippen LogP contribution in [-0.4, -0.2) is 6.79 Å². The molecule has 0 aromatic heterocycles. The maximum atomic E-state index is 8.88. The maximum Gasteiger partial charge on any atom is 0.231 e. The molecule has 3 rings (SSSR count). The molecule has 21 heavy (non-hydrogen) atoms. The van der Waals surface area contributed by atoms with Crippen LogP contribution < -0.4 is 14.8 Å². The first-order valence-electron chi connectivity index (χ1n) is 6.86. The lowest BCUT2D eigenvalue weighted by molar-refractivity contribution is 0.173. The van der Waals surface area contributed by atoms with Gasteiger partial charge in [-0.25, -0.2) is 0 Å². The SMILES string of the molecule is Cc1cc(C#N)ccc1CNCc1cccc2c1OCO2. The van der Waals surface area contributed by atoms with Gasteiger partial charge in [-0.3, -0.25) is 0 Å². The van der Waals surface area contributed by atoms with Crippen molar-refractivity contribution < 1.29 is 9.47 Å². The molecule has 0 saturated carbocycles. The van der Waals surface area contributed by atoms with Gasteiger partial charge < -0.3 is 14.8 Å². The van der Waals surface area contributed by atoms with Crippen LogP contribution in [0.4, 0.5) is 0 Å². The minimum absolute atomic E-state index is 0.293. The fourth-order valence-corrected chi connectivity index (χ4v) is 2.43. The monoisotopic (exact) mass is 280 g/mol. The number of fused-ring (bicyclic) bond motifs is 1. The molecule has 0 unspecified atom stereocenters. The van der Waals surface area contributed by atoms with Crippen molar-refractivity contribution in [2.45, 2.75) is 20.0 Å². The highest BCUT2D eigenvalue weighted by molar-refractivity contribution is 5.48. The van der Waals surface area contributed by atoms with Crippen molar-refractivity contribution in [3.63, 3.8) is 0 Å². The third kappa shape index (κ3) is 2.83. The van der Waals surface area contributed by atoms with Gasteiger partial charge in [0.05, 0.1) is 11.6 Å². The predicted octanol–water partition coefficient (Wildman–Crippen LogP) is 2.89. The minimum atomic E-state index is 0.293. The first-order valence-corrected chi connectivity index (χ1v) is 6.86. The van der Waals surface area contributed by atoms with E-state index in [-0.39, 0.29) is 0 Å². The third-order valence-corrected chi connectivity index (χ3v) is 3.58. The summed E-state index contributed by atoms with van der Waals surface area (Å²) in [5.41, 5.74) is 4.11. The van der Waals surface area contributed by atoms with Crippen LogP contribution in [-0.2, 0) is 13.1 Å². The third-order valence-electron chi connectivity index (χ3n) is 3.58. The molecular weight excluding hydrogens is 264 g/mol. The van der Waals surface area contributed by atoms with E-state index < -0.39 is 0 Å². The molecule has 2 aromatic carbocycles. The van der Waals surface area contributed by atoms with E-state index in [1.165, 1.54) is 5.56 Å². The van der Waals surface area contributed by atoms with Gasteiger partial charge >= 0.3 is 0 Å². The van der Waals surface area contributed by atoms with Crippen LogP contribution in [0.2, 0.25) is 0 Å². The summed E-state index contributed by atoms with van der Waals surface area (Å²) in [7, 11) is 0. The highest BCUT2D eigenvalue weighted by atomic mass is 16.7. The zero-order chi connectivity index (χ0) is 14.7. The Hall–Kier alpha value is -2.51.